The highest BCUT2D eigenvalue weighted by atomic mass is 28.4. The van der Waals surface area contributed by atoms with Gasteiger partial charge in [0.25, 0.3) is 0 Å². The Balaban J connectivity index is 3.13. The van der Waals surface area contributed by atoms with Crippen LogP contribution >= 0.6 is 0 Å². The Morgan fingerprint density at radius 1 is 1.03 bits per heavy atom. The number of ether oxygens (including phenoxy) is 1. The van der Waals surface area contributed by atoms with Gasteiger partial charge in [0.15, 0.2) is 16.6 Å². The molecule has 6 heteroatoms. The lowest BCUT2D eigenvalue weighted by Gasteiger charge is -2.48. The standard InChI is InChI=1S/C23H48O4Si2/c1-13-14-18-17(2)19(26-28(9,10)22(3,4)5)15-20(25-18)21(16-24)27-29(11,12)23(6,7)8/h13-14,17-21,24H,15-16H2,1-12H3/b14-13+/t17-,18+,19+,20+,21-/m0/s1. The van der Waals surface area contributed by atoms with Crippen LogP contribution in [0.4, 0.5) is 0 Å². The van der Waals surface area contributed by atoms with Gasteiger partial charge in [-0.05, 0) is 43.2 Å². The number of aliphatic hydroxyl groups excluding tert-OH is 1. The summed E-state index contributed by atoms with van der Waals surface area (Å²) in [5.74, 6) is 0.267. The van der Waals surface area contributed by atoms with Gasteiger partial charge in [0, 0.05) is 12.3 Å². The van der Waals surface area contributed by atoms with Gasteiger partial charge in [-0.1, -0.05) is 60.6 Å². The third kappa shape index (κ3) is 6.75. The predicted molar refractivity (Wildman–Crippen MR) is 128 cm³/mol. The molecule has 0 aliphatic carbocycles. The van der Waals surface area contributed by atoms with Crippen LogP contribution in [-0.4, -0.2) is 52.8 Å². The van der Waals surface area contributed by atoms with E-state index in [1.807, 2.05) is 6.92 Å². The van der Waals surface area contributed by atoms with Gasteiger partial charge >= 0.3 is 0 Å². The monoisotopic (exact) mass is 444 g/mol. The number of allylic oxidation sites excluding steroid dienone is 1. The summed E-state index contributed by atoms with van der Waals surface area (Å²) in [5.41, 5.74) is 0. The van der Waals surface area contributed by atoms with Crippen molar-refractivity contribution in [2.75, 3.05) is 6.61 Å². The fraction of sp³-hybridized carbons (Fsp3) is 0.913. The van der Waals surface area contributed by atoms with E-state index in [0.29, 0.717) is 0 Å². The molecule has 1 saturated heterocycles. The van der Waals surface area contributed by atoms with Gasteiger partial charge in [0.1, 0.15) is 0 Å². The largest absolute Gasteiger partial charge is 0.413 e. The molecular formula is C23H48O4Si2. The molecule has 5 atom stereocenters. The van der Waals surface area contributed by atoms with Crippen molar-refractivity contribution in [2.45, 2.75) is 122 Å². The summed E-state index contributed by atoms with van der Waals surface area (Å²) in [6, 6.07) is 0. The maximum atomic E-state index is 10.2. The number of rotatable bonds is 7. The first-order chi connectivity index (χ1) is 13.0. The van der Waals surface area contributed by atoms with Crippen molar-refractivity contribution >= 4 is 16.6 Å². The van der Waals surface area contributed by atoms with Gasteiger partial charge in [-0.15, -0.1) is 0 Å². The molecule has 0 spiro atoms. The summed E-state index contributed by atoms with van der Waals surface area (Å²) < 4.78 is 19.9. The first kappa shape index (κ1) is 27.0. The van der Waals surface area contributed by atoms with Gasteiger partial charge in [0.2, 0.25) is 0 Å². The molecule has 1 aliphatic rings. The fourth-order valence-electron chi connectivity index (χ4n) is 3.18. The zero-order valence-corrected chi connectivity index (χ0v) is 23.1. The Labute approximate surface area is 182 Å². The molecule has 4 nitrogen and oxygen atoms in total. The number of aliphatic hydroxyl groups is 1. The van der Waals surface area contributed by atoms with Crippen LogP contribution < -0.4 is 0 Å². The second-order valence-electron chi connectivity index (χ2n) is 11.8. The minimum absolute atomic E-state index is 0.0226. The molecule has 0 bridgehead atoms. The molecule has 1 fully saturated rings. The van der Waals surface area contributed by atoms with E-state index in [9.17, 15) is 5.11 Å². The molecular weight excluding hydrogens is 396 g/mol. The minimum atomic E-state index is -2.02. The van der Waals surface area contributed by atoms with E-state index in [1.165, 1.54) is 0 Å². The number of hydrogen-bond acceptors (Lipinski definition) is 4. The van der Waals surface area contributed by atoms with Crippen LogP contribution in [0.5, 0.6) is 0 Å². The van der Waals surface area contributed by atoms with Gasteiger partial charge in [-0.25, -0.2) is 0 Å². The second-order valence-corrected chi connectivity index (χ2v) is 21.3. The van der Waals surface area contributed by atoms with E-state index >= 15 is 0 Å². The molecule has 0 amide bonds. The number of hydrogen-bond donors (Lipinski definition) is 1. The quantitative estimate of drug-likeness (QED) is 0.379. The molecule has 1 aliphatic heterocycles. The van der Waals surface area contributed by atoms with E-state index in [2.05, 4.69) is 86.8 Å². The van der Waals surface area contributed by atoms with Crippen molar-refractivity contribution in [1.82, 2.24) is 0 Å². The van der Waals surface area contributed by atoms with Crippen LogP contribution in [-0.2, 0) is 13.6 Å². The van der Waals surface area contributed by atoms with Gasteiger partial charge < -0.3 is 18.7 Å². The lowest BCUT2D eigenvalue weighted by atomic mass is 9.88. The SMILES string of the molecule is C/C=C/[C@H]1O[C@@H]([C@H](CO)O[Si](C)(C)C(C)(C)C)C[C@@H](O[Si](C)(C)C(C)(C)C)[C@H]1C. The minimum Gasteiger partial charge on any atom is -0.413 e. The zero-order chi connectivity index (χ0) is 22.8. The van der Waals surface area contributed by atoms with Gasteiger partial charge in [-0.3, -0.25) is 0 Å². The Morgan fingerprint density at radius 2 is 1.55 bits per heavy atom. The van der Waals surface area contributed by atoms with Crippen molar-refractivity contribution in [3.8, 4) is 0 Å². The first-order valence-corrected chi connectivity index (χ1v) is 17.0. The molecule has 0 radical (unpaired) electrons. The average molecular weight is 445 g/mol. The van der Waals surface area contributed by atoms with Crippen molar-refractivity contribution < 1.29 is 18.7 Å². The van der Waals surface area contributed by atoms with E-state index in [1.54, 1.807) is 0 Å². The summed E-state index contributed by atoms with van der Waals surface area (Å²) in [5, 5.41) is 10.4. The lowest BCUT2D eigenvalue weighted by molar-refractivity contribution is -0.148. The molecule has 172 valence electrons. The molecule has 1 heterocycles. The smallest absolute Gasteiger partial charge is 0.192 e. The van der Waals surface area contributed by atoms with Crippen molar-refractivity contribution in [2.24, 2.45) is 5.92 Å². The molecule has 0 aromatic heterocycles. The van der Waals surface area contributed by atoms with Crippen LogP contribution in [0.15, 0.2) is 12.2 Å². The van der Waals surface area contributed by atoms with Gasteiger partial charge in [0.05, 0.1) is 31.0 Å². The molecule has 0 saturated carbocycles. The van der Waals surface area contributed by atoms with Crippen LogP contribution in [0.25, 0.3) is 0 Å². The summed E-state index contributed by atoms with van der Waals surface area (Å²) in [4.78, 5) is 0. The van der Waals surface area contributed by atoms with Crippen molar-refractivity contribution in [3.05, 3.63) is 12.2 Å². The van der Waals surface area contributed by atoms with Crippen LogP contribution in [0, 0.1) is 5.92 Å². The normalized spacial score (nSPS) is 28.7. The van der Waals surface area contributed by atoms with E-state index in [-0.39, 0.29) is 47.0 Å². The Morgan fingerprint density at radius 3 is 1.97 bits per heavy atom. The van der Waals surface area contributed by atoms with Crippen molar-refractivity contribution in [1.29, 1.82) is 0 Å². The maximum Gasteiger partial charge on any atom is 0.192 e. The summed E-state index contributed by atoms with van der Waals surface area (Å²) in [6.45, 7) is 26.8. The van der Waals surface area contributed by atoms with E-state index in [0.717, 1.165) is 6.42 Å². The van der Waals surface area contributed by atoms with E-state index < -0.39 is 16.6 Å². The Kier molecular flexibility index (Phi) is 9.01. The molecule has 0 unspecified atom stereocenters. The first-order valence-electron chi connectivity index (χ1n) is 11.2. The average Bonchev–Trinajstić information content (AvgIpc) is 2.54. The van der Waals surface area contributed by atoms with Crippen LogP contribution in [0.2, 0.25) is 36.3 Å². The molecule has 0 aromatic rings. The molecule has 1 rings (SSSR count). The van der Waals surface area contributed by atoms with Crippen LogP contribution in [0.3, 0.4) is 0 Å². The molecule has 0 aromatic carbocycles. The summed E-state index contributed by atoms with van der Waals surface area (Å²) >= 11 is 0. The highest BCUT2D eigenvalue weighted by molar-refractivity contribution is 6.74. The van der Waals surface area contributed by atoms with Crippen molar-refractivity contribution in [3.63, 3.8) is 0 Å². The fourth-order valence-corrected chi connectivity index (χ4v) is 5.94. The Bertz CT molecular complexity index is 546. The lowest BCUT2D eigenvalue weighted by Crippen LogP contribution is -2.56. The third-order valence-corrected chi connectivity index (χ3v) is 16.4. The van der Waals surface area contributed by atoms with Gasteiger partial charge in [-0.2, -0.15) is 0 Å². The maximum absolute atomic E-state index is 10.2. The van der Waals surface area contributed by atoms with E-state index in [4.69, 9.17) is 13.6 Å². The zero-order valence-electron chi connectivity index (χ0n) is 21.1. The summed E-state index contributed by atoms with van der Waals surface area (Å²) in [6.07, 6.45) is 4.54. The van der Waals surface area contributed by atoms with Crippen LogP contribution in [0.1, 0.15) is 61.8 Å². The predicted octanol–water partition coefficient (Wildman–Crippen LogP) is 6.13. The highest BCUT2D eigenvalue weighted by Gasteiger charge is 2.47. The summed E-state index contributed by atoms with van der Waals surface area (Å²) in [7, 11) is -3.93. The second kappa shape index (κ2) is 9.66. The molecule has 29 heavy (non-hydrogen) atoms. The molecule has 1 N–H and O–H groups in total. The topological polar surface area (TPSA) is 47.9 Å². The third-order valence-electron chi connectivity index (χ3n) is 7.38. The Hall–Kier alpha value is 0.0138. The highest BCUT2D eigenvalue weighted by Crippen LogP contribution is 2.42.